The average Bonchev–Trinajstić information content (AvgIpc) is 3.06. The normalized spacial score (nSPS) is 25.6. The van der Waals surface area contributed by atoms with Crippen LogP contribution in [0.5, 0.6) is 0 Å². The van der Waals surface area contributed by atoms with Gasteiger partial charge in [-0.3, -0.25) is 4.79 Å². The minimum atomic E-state index is 0.124. The van der Waals surface area contributed by atoms with Crippen LogP contribution in [0.25, 0.3) is 0 Å². The molecule has 2 aromatic heterocycles. The Labute approximate surface area is 168 Å². The monoisotopic (exact) mass is 399 g/mol. The van der Waals surface area contributed by atoms with E-state index in [1.807, 2.05) is 12.1 Å². The van der Waals surface area contributed by atoms with Crippen molar-refractivity contribution >= 4 is 33.3 Å². The molecule has 9 heteroatoms. The summed E-state index contributed by atoms with van der Waals surface area (Å²) in [7, 11) is 0. The first-order valence-corrected chi connectivity index (χ1v) is 11.0. The van der Waals surface area contributed by atoms with Gasteiger partial charge in [0.25, 0.3) is 0 Å². The van der Waals surface area contributed by atoms with Crippen molar-refractivity contribution in [3.05, 3.63) is 18.3 Å². The number of hydrogen-bond acceptors (Lipinski definition) is 8. The smallest absolute Gasteiger partial charge is 0.229 e. The van der Waals surface area contributed by atoms with Gasteiger partial charge in [0.2, 0.25) is 16.2 Å². The molecule has 2 saturated carbocycles. The van der Waals surface area contributed by atoms with Crippen LogP contribution in [0.4, 0.5) is 16.1 Å². The van der Waals surface area contributed by atoms with Gasteiger partial charge in [0.15, 0.2) is 5.82 Å². The number of anilines is 3. The summed E-state index contributed by atoms with van der Waals surface area (Å²) in [6, 6.07) is 4.16. The van der Waals surface area contributed by atoms with Crippen molar-refractivity contribution in [1.82, 2.24) is 20.4 Å². The molecule has 5 rings (SSSR count). The lowest BCUT2D eigenvalue weighted by atomic mass is 9.84. The van der Waals surface area contributed by atoms with Crippen molar-refractivity contribution in [3.63, 3.8) is 0 Å². The molecule has 1 unspecified atom stereocenters. The van der Waals surface area contributed by atoms with E-state index < -0.39 is 0 Å². The number of nitrogens with one attached hydrogen (secondary N) is 2. The van der Waals surface area contributed by atoms with Gasteiger partial charge in [-0.25, -0.2) is 0 Å². The van der Waals surface area contributed by atoms with Crippen LogP contribution in [0.3, 0.4) is 0 Å². The molecule has 1 spiro atoms. The second-order valence-electron chi connectivity index (χ2n) is 8.24. The lowest BCUT2D eigenvalue weighted by molar-refractivity contribution is -0.118. The third-order valence-electron chi connectivity index (χ3n) is 6.41. The van der Waals surface area contributed by atoms with Crippen LogP contribution >= 0.6 is 11.3 Å². The van der Waals surface area contributed by atoms with Crippen LogP contribution in [0.2, 0.25) is 0 Å². The fourth-order valence-corrected chi connectivity index (χ4v) is 5.50. The fourth-order valence-electron chi connectivity index (χ4n) is 4.77. The SMILES string of the molecule is O=C(Nc1nnc(N[C@@H]2CCN(c3cccnn3)C2)s1)C1CC12CCCCC2. The lowest BCUT2D eigenvalue weighted by Gasteiger charge is -2.21. The van der Waals surface area contributed by atoms with Gasteiger partial charge in [0, 0.05) is 31.2 Å². The Balaban J connectivity index is 1.13. The van der Waals surface area contributed by atoms with Gasteiger partial charge in [-0.05, 0) is 43.2 Å². The summed E-state index contributed by atoms with van der Waals surface area (Å²) in [5.41, 5.74) is 0.293. The second-order valence-corrected chi connectivity index (χ2v) is 9.22. The molecule has 3 fully saturated rings. The standard InChI is InChI=1S/C19H25N7OS/c27-16(14-11-19(14)7-2-1-3-8-19)22-18-25-24-17(28-18)21-13-6-10-26(12-13)15-5-4-9-20-23-15/h4-5,9,13-14H,1-3,6-8,10-12H2,(H,21,24)(H,22,25,27)/t13-,14?/m1/s1. The fraction of sp³-hybridized carbons (Fsp3) is 0.632. The van der Waals surface area contributed by atoms with Crippen molar-refractivity contribution in [2.75, 3.05) is 28.6 Å². The lowest BCUT2D eigenvalue weighted by Crippen LogP contribution is -2.26. The van der Waals surface area contributed by atoms with Crippen molar-refractivity contribution in [2.45, 2.75) is 51.0 Å². The molecule has 2 atom stereocenters. The van der Waals surface area contributed by atoms with Gasteiger partial charge < -0.3 is 15.5 Å². The maximum Gasteiger partial charge on any atom is 0.229 e. The minimum Gasteiger partial charge on any atom is -0.355 e. The molecular weight excluding hydrogens is 374 g/mol. The van der Waals surface area contributed by atoms with Crippen molar-refractivity contribution in [1.29, 1.82) is 0 Å². The van der Waals surface area contributed by atoms with Gasteiger partial charge >= 0.3 is 0 Å². The Morgan fingerprint density at radius 2 is 2.04 bits per heavy atom. The largest absolute Gasteiger partial charge is 0.355 e. The van der Waals surface area contributed by atoms with Crippen LogP contribution in [0.15, 0.2) is 18.3 Å². The molecule has 3 heterocycles. The van der Waals surface area contributed by atoms with Crippen LogP contribution in [-0.2, 0) is 4.79 Å². The maximum absolute atomic E-state index is 12.6. The van der Waals surface area contributed by atoms with E-state index in [0.29, 0.717) is 10.5 Å². The highest BCUT2D eigenvalue weighted by molar-refractivity contribution is 7.19. The molecule has 2 N–H and O–H groups in total. The first-order valence-electron chi connectivity index (χ1n) is 10.2. The molecule has 3 aliphatic rings. The van der Waals surface area contributed by atoms with Crippen LogP contribution < -0.4 is 15.5 Å². The number of aromatic nitrogens is 4. The van der Waals surface area contributed by atoms with Gasteiger partial charge in [-0.2, -0.15) is 5.10 Å². The van der Waals surface area contributed by atoms with Crippen molar-refractivity contribution in [3.8, 4) is 0 Å². The summed E-state index contributed by atoms with van der Waals surface area (Å²) < 4.78 is 0. The highest BCUT2D eigenvalue weighted by atomic mass is 32.1. The number of hydrogen-bond donors (Lipinski definition) is 2. The van der Waals surface area contributed by atoms with Crippen LogP contribution in [0.1, 0.15) is 44.9 Å². The maximum atomic E-state index is 12.6. The highest BCUT2D eigenvalue weighted by Gasteiger charge is 2.57. The summed E-state index contributed by atoms with van der Waals surface area (Å²) in [6.07, 6.45) is 10.00. The average molecular weight is 400 g/mol. The molecule has 0 bridgehead atoms. The molecule has 1 saturated heterocycles. The first-order chi connectivity index (χ1) is 13.7. The molecule has 2 aromatic rings. The highest BCUT2D eigenvalue weighted by Crippen LogP contribution is 2.61. The van der Waals surface area contributed by atoms with E-state index in [2.05, 4.69) is 35.9 Å². The van der Waals surface area contributed by atoms with E-state index in [1.165, 1.54) is 43.4 Å². The summed E-state index contributed by atoms with van der Waals surface area (Å²) in [5.74, 6) is 1.20. The summed E-state index contributed by atoms with van der Waals surface area (Å²) >= 11 is 1.41. The van der Waals surface area contributed by atoms with Gasteiger partial charge in [0.1, 0.15) is 0 Å². The molecule has 28 heavy (non-hydrogen) atoms. The number of rotatable bonds is 5. The first kappa shape index (κ1) is 17.8. The van der Waals surface area contributed by atoms with E-state index in [1.54, 1.807) is 6.20 Å². The van der Waals surface area contributed by atoms with E-state index in [0.717, 1.165) is 36.9 Å². The summed E-state index contributed by atoms with van der Waals surface area (Å²) in [5, 5.41) is 24.3. The number of carbonyl (C=O) groups is 1. The predicted molar refractivity (Wildman–Crippen MR) is 108 cm³/mol. The summed E-state index contributed by atoms with van der Waals surface area (Å²) in [6.45, 7) is 1.78. The molecule has 8 nitrogen and oxygen atoms in total. The number of carbonyl (C=O) groups excluding carboxylic acids is 1. The number of nitrogens with zero attached hydrogens (tertiary/aromatic N) is 5. The third kappa shape index (κ3) is 3.55. The molecule has 148 valence electrons. The summed E-state index contributed by atoms with van der Waals surface area (Å²) in [4.78, 5) is 14.8. The van der Waals surface area contributed by atoms with Gasteiger partial charge in [-0.1, -0.05) is 30.6 Å². The van der Waals surface area contributed by atoms with E-state index in [-0.39, 0.29) is 17.9 Å². The van der Waals surface area contributed by atoms with Gasteiger partial charge in [0.05, 0.1) is 0 Å². The van der Waals surface area contributed by atoms with Crippen LogP contribution in [0, 0.1) is 11.3 Å². The quantitative estimate of drug-likeness (QED) is 0.798. The topological polar surface area (TPSA) is 95.9 Å². The zero-order valence-electron chi connectivity index (χ0n) is 15.8. The molecule has 0 aromatic carbocycles. The Kier molecular flexibility index (Phi) is 4.62. The van der Waals surface area contributed by atoms with E-state index in [9.17, 15) is 4.79 Å². The molecule has 1 aliphatic heterocycles. The zero-order valence-corrected chi connectivity index (χ0v) is 16.6. The minimum absolute atomic E-state index is 0.124. The Bertz CT molecular complexity index is 836. The van der Waals surface area contributed by atoms with Crippen LogP contribution in [-0.4, -0.2) is 45.4 Å². The molecule has 1 amide bonds. The number of amides is 1. The molecule has 0 radical (unpaired) electrons. The van der Waals surface area contributed by atoms with E-state index >= 15 is 0 Å². The Morgan fingerprint density at radius 3 is 2.86 bits per heavy atom. The van der Waals surface area contributed by atoms with Crippen molar-refractivity contribution < 1.29 is 4.79 Å². The Morgan fingerprint density at radius 1 is 1.18 bits per heavy atom. The van der Waals surface area contributed by atoms with Crippen molar-refractivity contribution in [2.24, 2.45) is 11.3 Å². The van der Waals surface area contributed by atoms with Gasteiger partial charge in [-0.15, -0.1) is 15.3 Å². The zero-order chi connectivity index (χ0) is 19.0. The van der Waals surface area contributed by atoms with E-state index in [4.69, 9.17) is 0 Å². The predicted octanol–water partition coefficient (Wildman–Crippen LogP) is 2.93. The molecule has 2 aliphatic carbocycles. The Hall–Kier alpha value is -2.29. The third-order valence-corrected chi connectivity index (χ3v) is 7.18. The molecular formula is C19H25N7OS. The second kappa shape index (κ2) is 7.27.